The summed E-state index contributed by atoms with van der Waals surface area (Å²) in [5, 5.41) is 18.0. The van der Waals surface area contributed by atoms with Crippen molar-refractivity contribution in [2.24, 2.45) is 7.05 Å². The number of carboxylic acids is 2. The first-order valence-corrected chi connectivity index (χ1v) is 5.43. The lowest BCUT2D eigenvalue weighted by atomic mass is 10.2. The Morgan fingerprint density at radius 2 is 1.95 bits per heavy atom. The Morgan fingerprint density at radius 3 is 2.58 bits per heavy atom. The predicted octanol–water partition coefficient (Wildman–Crippen LogP) is 1.22. The monoisotopic (exact) mass is 259 g/mol. The summed E-state index contributed by atoms with van der Waals surface area (Å²) in [5.74, 6) is -1.64. The van der Waals surface area contributed by atoms with Crippen LogP contribution in [0.1, 0.15) is 20.8 Å². The summed E-state index contributed by atoms with van der Waals surface area (Å²) in [6.07, 6.45) is 1.43. The normalized spacial score (nSPS) is 11.2. The molecule has 2 heterocycles. The fourth-order valence-electron chi connectivity index (χ4n) is 2.09. The summed E-state index contributed by atoms with van der Waals surface area (Å²) >= 11 is 0. The lowest BCUT2D eigenvalue weighted by Crippen LogP contribution is -2.03. The molecule has 7 nitrogen and oxygen atoms in total. The molecule has 2 aromatic heterocycles. The smallest absolute Gasteiger partial charge is 0.354 e. The Hall–Kier alpha value is -2.83. The third kappa shape index (κ3) is 1.48. The van der Waals surface area contributed by atoms with Crippen molar-refractivity contribution in [2.45, 2.75) is 0 Å². The van der Waals surface area contributed by atoms with Crippen LogP contribution in [0.2, 0.25) is 0 Å². The van der Waals surface area contributed by atoms with Crippen LogP contribution in [0.4, 0.5) is 0 Å². The molecule has 0 atom stereocenters. The van der Waals surface area contributed by atoms with Crippen molar-refractivity contribution in [3.05, 3.63) is 35.7 Å². The average Bonchev–Trinajstić information content (AvgIpc) is 2.86. The van der Waals surface area contributed by atoms with Gasteiger partial charge in [0, 0.05) is 13.2 Å². The van der Waals surface area contributed by atoms with Gasteiger partial charge in [0.2, 0.25) is 5.78 Å². The lowest BCUT2D eigenvalue weighted by Gasteiger charge is -1.95. The van der Waals surface area contributed by atoms with E-state index in [0.717, 1.165) is 0 Å². The van der Waals surface area contributed by atoms with Crippen molar-refractivity contribution in [3.63, 3.8) is 0 Å². The van der Waals surface area contributed by atoms with Crippen LogP contribution in [0.5, 0.6) is 0 Å². The van der Waals surface area contributed by atoms with Gasteiger partial charge in [-0.1, -0.05) is 0 Å². The number of rotatable bonds is 2. The first kappa shape index (κ1) is 11.3. The minimum absolute atomic E-state index is 0.0881. The zero-order chi connectivity index (χ0) is 13.7. The molecule has 2 N–H and O–H groups in total. The molecule has 0 fully saturated rings. The van der Waals surface area contributed by atoms with E-state index in [1.54, 1.807) is 17.5 Å². The maximum Gasteiger partial charge on any atom is 0.354 e. The first-order chi connectivity index (χ1) is 8.99. The molecule has 0 radical (unpaired) electrons. The highest BCUT2D eigenvalue weighted by atomic mass is 16.4. The van der Waals surface area contributed by atoms with Gasteiger partial charge in [0.1, 0.15) is 5.69 Å². The van der Waals surface area contributed by atoms with Crippen molar-refractivity contribution >= 4 is 28.7 Å². The molecule has 1 aromatic carbocycles. The van der Waals surface area contributed by atoms with Gasteiger partial charge in [0.05, 0.1) is 16.6 Å². The summed E-state index contributed by atoms with van der Waals surface area (Å²) in [6.45, 7) is 0. The molecule has 0 aliphatic heterocycles. The van der Waals surface area contributed by atoms with Gasteiger partial charge in [-0.3, -0.25) is 4.40 Å². The molecular formula is C12H9N3O4. The molecule has 0 unspecified atom stereocenters. The molecule has 96 valence electrons. The van der Waals surface area contributed by atoms with Gasteiger partial charge < -0.3 is 14.8 Å². The van der Waals surface area contributed by atoms with Gasteiger partial charge in [-0.15, -0.1) is 0 Å². The summed E-state index contributed by atoms with van der Waals surface area (Å²) in [5.41, 5.74) is 1.41. The van der Waals surface area contributed by atoms with E-state index in [0.29, 0.717) is 16.8 Å². The molecule has 0 saturated heterocycles. The Labute approximate surface area is 106 Å². The van der Waals surface area contributed by atoms with Gasteiger partial charge in [-0.2, -0.15) is 0 Å². The van der Waals surface area contributed by atoms with E-state index in [9.17, 15) is 9.59 Å². The summed E-state index contributed by atoms with van der Waals surface area (Å²) in [6, 6.07) is 4.55. The van der Waals surface area contributed by atoms with E-state index < -0.39 is 11.9 Å². The Bertz CT molecular complexity index is 844. The molecular weight excluding hydrogens is 250 g/mol. The highest BCUT2D eigenvalue weighted by Gasteiger charge is 2.16. The summed E-state index contributed by atoms with van der Waals surface area (Å²) < 4.78 is 3.02. The second kappa shape index (κ2) is 3.58. The van der Waals surface area contributed by atoms with Crippen LogP contribution in [0.25, 0.3) is 16.8 Å². The fraction of sp³-hybridized carbons (Fsp3) is 0.0833. The van der Waals surface area contributed by atoms with E-state index >= 15 is 0 Å². The zero-order valence-electron chi connectivity index (χ0n) is 9.86. The maximum atomic E-state index is 11.0. The number of aryl methyl sites for hydroxylation is 1. The maximum absolute atomic E-state index is 11.0. The SMILES string of the molecule is Cn1c(C(=O)O)cn2c3cc(C(=O)O)ccc3nc12. The standard InChI is InChI=1S/C12H9N3O4/c1-14-9(11(18)19)5-15-8-4-6(10(16)17)2-3-7(8)13-12(14)15/h2-5H,1H3,(H,16,17)(H,18,19). The van der Waals surface area contributed by atoms with Gasteiger partial charge >= 0.3 is 11.9 Å². The molecule has 0 aliphatic rings. The summed E-state index contributed by atoms with van der Waals surface area (Å²) in [4.78, 5) is 26.3. The van der Waals surface area contributed by atoms with E-state index in [2.05, 4.69) is 4.98 Å². The quantitative estimate of drug-likeness (QED) is 0.721. The number of fused-ring (bicyclic) bond motifs is 3. The molecule has 0 saturated carbocycles. The third-order valence-electron chi connectivity index (χ3n) is 3.05. The van der Waals surface area contributed by atoms with E-state index in [1.807, 2.05) is 0 Å². The number of carbonyl (C=O) groups is 2. The minimum atomic E-state index is -1.06. The predicted molar refractivity (Wildman–Crippen MR) is 65.6 cm³/mol. The van der Waals surface area contributed by atoms with E-state index in [4.69, 9.17) is 10.2 Å². The largest absolute Gasteiger partial charge is 0.478 e. The number of hydrogen-bond acceptors (Lipinski definition) is 3. The number of benzene rings is 1. The molecule has 7 heteroatoms. The number of aromatic nitrogens is 3. The van der Waals surface area contributed by atoms with Crippen molar-refractivity contribution in [1.82, 2.24) is 14.0 Å². The van der Waals surface area contributed by atoms with Crippen LogP contribution < -0.4 is 0 Å². The molecule has 0 bridgehead atoms. The second-order valence-corrected chi connectivity index (χ2v) is 4.17. The topological polar surface area (TPSA) is 96.8 Å². The average molecular weight is 259 g/mol. The number of nitrogens with zero attached hydrogens (tertiary/aromatic N) is 3. The van der Waals surface area contributed by atoms with Gasteiger partial charge in [-0.25, -0.2) is 14.6 Å². The van der Waals surface area contributed by atoms with Gasteiger partial charge in [0.15, 0.2) is 0 Å². The van der Waals surface area contributed by atoms with Gasteiger partial charge in [-0.05, 0) is 18.2 Å². The molecule has 3 aromatic rings. The van der Waals surface area contributed by atoms with Crippen molar-refractivity contribution < 1.29 is 19.8 Å². The fourth-order valence-corrected chi connectivity index (χ4v) is 2.09. The summed E-state index contributed by atoms with van der Waals surface area (Å²) in [7, 11) is 1.60. The first-order valence-electron chi connectivity index (χ1n) is 5.43. The number of carboxylic acid groups (broad SMARTS) is 2. The molecule has 0 spiro atoms. The second-order valence-electron chi connectivity index (χ2n) is 4.17. The van der Waals surface area contributed by atoms with Crippen molar-refractivity contribution in [1.29, 1.82) is 0 Å². The van der Waals surface area contributed by atoms with Crippen molar-refractivity contribution in [2.75, 3.05) is 0 Å². The van der Waals surface area contributed by atoms with E-state index in [-0.39, 0.29) is 11.3 Å². The number of hydrogen-bond donors (Lipinski definition) is 2. The molecule has 0 aliphatic carbocycles. The van der Waals surface area contributed by atoms with E-state index in [1.165, 1.54) is 22.9 Å². The number of imidazole rings is 2. The highest BCUT2D eigenvalue weighted by Crippen LogP contribution is 2.20. The van der Waals surface area contributed by atoms with Crippen LogP contribution in [0.3, 0.4) is 0 Å². The molecule has 0 amide bonds. The highest BCUT2D eigenvalue weighted by molar-refractivity contribution is 5.94. The third-order valence-corrected chi connectivity index (χ3v) is 3.05. The van der Waals surface area contributed by atoms with Crippen LogP contribution in [-0.2, 0) is 7.05 Å². The van der Waals surface area contributed by atoms with Crippen LogP contribution >= 0.6 is 0 Å². The Balaban J connectivity index is 2.39. The van der Waals surface area contributed by atoms with Crippen LogP contribution in [0.15, 0.2) is 24.4 Å². The lowest BCUT2D eigenvalue weighted by molar-refractivity contribution is 0.0679. The Morgan fingerprint density at radius 1 is 1.21 bits per heavy atom. The van der Waals surface area contributed by atoms with Gasteiger partial charge in [0.25, 0.3) is 0 Å². The Kier molecular flexibility index (Phi) is 2.12. The van der Waals surface area contributed by atoms with Crippen LogP contribution in [0, 0.1) is 0 Å². The zero-order valence-corrected chi connectivity index (χ0v) is 9.86. The minimum Gasteiger partial charge on any atom is -0.478 e. The molecule has 3 rings (SSSR count). The van der Waals surface area contributed by atoms with Crippen LogP contribution in [-0.4, -0.2) is 36.1 Å². The number of aromatic carboxylic acids is 2. The molecule has 19 heavy (non-hydrogen) atoms. The van der Waals surface area contributed by atoms with Crippen molar-refractivity contribution in [3.8, 4) is 0 Å².